The van der Waals surface area contributed by atoms with E-state index >= 15 is 0 Å². The lowest BCUT2D eigenvalue weighted by molar-refractivity contribution is -0.119. The van der Waals surface area contributed by atoms with Crippen LogP contribution in [-0.4, -0.2) is 28.6 Å². The number of amides is 1. The third kappa shape index (κ3) is 4.81. The molecule has 1 aromatic heterocycles. The molecule has 0 saturated heterocycles. The van der Waals surface area contributed by atoms with Crippen LogP contribution in [0.15, 0.2) is 35.7 Å². The first kappa shape index (κ1) is 20.5. The number of nitrogens with zero attached hydrogens (tertiary/aromatic N) is 1. The summed E-state index contributed by atoms with van der Waals surface area (Å²) in [5, 5.41) is 14.7. The van der Waals surface area contributed by atoms with E-state index in [9.17, 15) is 14.7 Å². The molecule has 0 spiro atoms. The zero-order chi connectivity index (χ0) is 21.1. The number of anilines is 1. The number of aromatic nitrogens is 1. The molecule has 0 atom stereocenters. The van der Waals surface area contributed by atoms with Gasteiger partial charge in [-0.2, -0.15) is 0 Å². The summed E-state index contributed by atoms with van der Waals surface area (Å²) in [5.41, 5.74) is 6.14. The Bertz CT molecular complexity index is 1090. The zero-order valence-corrected chi connectivity index (χ0v) is 17.5. The average molecular weight is 410 g/mol. The van der Waals surface area contributed by atoms with Gasteiger partial charge < -0.3 is 9.84 Å². The first-order valence-electron chi connectivity index (χ1n) is 9.05. The molecule has 0 aliphatic carbocycles. The number of aryl methyl sites for hydroxylation is 4. The fourth-order valence-electron chi connectivity index (χ4n) is 2.87. The molecule has 1 amide bonds. The number of phenolic OH excluding ortho intramolecular Hbond substituents is 1. The van der Waals surface area contributed by atoms with Crippen LogP contribution in [0.4, 0.5) is 5.13 Å². The van der Waals surface area contributed by atoms with Gasteiger partial charge in [-0.15, -0.1) is 11.3 Å². The highest BCUT2D eigenvalue weighted by atomic mass is 32.1. The fraction of sp³-hybridized carbons (Fsp3) is 0.227. The van der Waals surface area contributed by atoms with E-state index in [-0.39, 0.29) is 11.3 Å². The van der Waals surface area contributed by atoms with Crippen LogP contribution in [0.5, 0.6) is 5.75 Å². The first-order chi connectivity index (χ1) is 13.7. The molecule has 2 N–H and O–H groups in total. The van der Waals surface area contributed by atoms with Crippen LogP contribution in [0.1, 0.15) is 32.6 Å². The fourth-order valence-corrected chi connectivity index (χ4v) is 3.60. The number of ether oxygens (including phenoxy) is 1. The van der Waals surface area contributed by atoms with Gasteiger partial charge in [0.1, 0.15) is 11.3 Å². The lowest BCUT2D eigenvalue weighted by Crippen LogP contribution is -2.21. The van der Waals surface area contributed by atoms with Crippen LogP contribution in [0.3, 0.4) is 0 Å². The summed E-state index contributed by atoms with van der Waals surface area (Å²) >= 11 is 1.30. The molecule has 0 unspecified atom stereocenters. The highest BCUT2D eigenvalue weighted by Crippen LogP contribution is 2.29. The molecule has 29 heavy (non-hydrogen) atoms. The highest BCUT2D eigenvalue weighted by molar-refractivity contribution is 7.14. The quantitative estimate of drug-likeness (QED) is 0.603. The van der Waals surface area contributed by atoms with E-state index in [0.29, 0.717) is 5.13 Å². The van der Waals surface area contributed by atoms with Crippen molar-refractivity contribution in [3.63, 3.8) is 0 Å². The molecule has 0 bridgehead atoms. The van der Waals surface area contributed by atoms with Gasteiger partial charge in [0, 0.05) is 10.9 Å². The van der Waals surface area contributed by atoms with Gasteiger partial charge in [0.05, 0.1) is 5.69 Å². The SMILES string of the molecule is Cc1ccc(O)c(C(=O)OCC(=O)Nc2nc(-c3cc(C)c(C)cc3C)cs2)c1. The van der Waals surface area contributed by atoms with Crippen molar-refractivity contribution in [3.8, 4) is 17.0 Å². The van der Waals surface area contributed by atoms with Gasteiger partial charge >= 0.3 is 5.97 Å². The Hall–Kier alpha value is -3.19. The predicted octanol–water partition coefficient (Wildman–Crippen LogP) is 4.54. The largest absolute Gasteiger partial charge is 0.507 e. The maximum atomic E-state index is 12.1. The van der Waals surface area contributed by atoms with Crippen molar-refractivity contribution in [3.05, 3.63) is 63.5 Å². The highest BCUT2D eigenvalue weighted by Gasteiger charge is 2.16. The van der Waals surface area contributed by atoms with Crippen molar-refractivity contribution in [1.82, 2.24) is 4.98 Å². The third-order valence-electron chi connectivity index (χ3n) is 4.57. The normalized spacial score (nSPS) is 10.6. The predicted molar refractivity (Wildman–Crippen MR) is 114 cm³/mol. The number of thiazole rings is 1. The number of nitrogens with one attached hydrogen (secondary N) is 1. The third-order valence-corrected chi connectivity index (χ3v) is 5.33. The molecule has 0 fully saturated rings. The molecule has 7 heteroatoms. The number of benzene rings is 2. The number of carbonyl (C=O) groups excluding carboxylic acids is 2. The summed E-state index contributed by atoms with van der Waals surface area (Å²) in [4.78, 5) is 28.7. The second-order valence-electron chi connectivity index (χ2n) is 6.93. The smallest absolute Gasteiger partial charge is 0.342 e. The second-order valence-corrected chi connectivity index (χ2v) is 7.79. The van der Waals surface area contributed by atoms with Gasteiger partial charge in [0.25, 0.3) is 5.91 Å². The molecule has 1 heterocycles. The van der Waals surface area contributed by atoms with E-state index in [4.69, 9.17) is 4.74 Å². The summed E-state index contributed by atoms with van der Waals surface area (Å²) in [6.07, 6.45) is 0. The van der Waals surface area contributed by atoms with Crippen LogP contribution in [-0.2, 0) is 9.53 Å². The molecule has 3 rings (SSSR count). The minimum atomic E-state index is -0.757. The van der Waals surface area contributed by atoms with Crippen molar-refractivity contribution in [2.24, 2.45) is 0 Å². The van der Waals surface area contributed by atoms with Gasteiger partial charge in [-0.25, -0.2) is 9.78 Å². The van der Waals surface area contributed by atoms with E-state index < -0.39 is 18.5 Å². The molecule has 3 aromatic rings. The number of aromatic hydroxyl groups is 1. The molecule has 2 aromatic carbocycles. The van der Waals surface area contributed by atoms with Crippen LogP contribution in [0, 0.1) is 27.7 Å². The Kier molecular flexibility index (Phi) is 5.98. The number of rotatable bonds is 5. The van der Waals surface area contributed by atoms with Crippen molar-refractivity contribution >= 4 is 28.3 Å². The molecule has 0 saturated carbocycles. The van der Waals surface area contributed by atoms with E-state index in [0.717, 1.165) is 22.4 Å². The van der Waals surface area contributed by atoms with E-state index in [1.54, 1.807) is 13.0 Å². The zero-order valence-electron chi connectivity index (χ0n) is 16.7. The minimum absolute atomic E-state index is 0.0274. The molecular weight excluding hydrogens is 388 g/mol. The van der Waals surface area contributed by atoms with Crippen molar-refractivity contribution in [2.45, 2.75) is 27.7 Å². The number of esters is 1. The maximum Gasteiger partial charge on any atom is 0.342 e. The molecule has 150 valence electrons. The summed E-state index contributed by atoms with van der Waals surface area (Å²) in [5.74, 6) is -1.44. The second kappa shape index (κ2) is 8.45. The lowest BCUT2D eigenvalue weighted by Gasteiger charge is -2.08. The Morgan fingerprint density at radius 3 is 2.55 bits per heavy atom. The summed E-state index contributed by atoms with van der Waals surface area (Å²) in [6, 6.07) is 8.80. The van der Waals surface area contributed by atoms with Gasteiger partial charge in [-0.1, -0.05) is 17.7 Å². The Balaban J connectivity index is 1.63. The monoisotopic (exact) mass is 410 g/mol. The molecule has 0 aliphatic rings. The standard InChI is InChI=1S/C22H22N2O4S/c1-12-5-6-19(25)17(7-12)21(27)28-10-20(26)24-22-23-18(11-29-22)16-9-14(3)13(2)8-15(16)4/h5-9,11,25H,10H2,1-4H3,(H,23,24,26). The maximum absolute atomic E-state index is 12.1. The molecule has 6 nitrogen and oxygen atoms in total. The van der Waals surface area contributed by atoms with Crippen molar-refractivity contribution in [1.29, 1.82) is 0 Å². The van der Waals surface area contributed by atoms with Gasteiger partial charge in [-0.05, 0) is 62.6 Å². The van der Waals surface area contributed by atoms with Gasteiger partial charge in [0.2, 0.25) is 0 Å². The topological polar surface area (TPSA) is 88.5 Å². The number of carbonyl (C=O) groups is 2. The van der Waals surface area contributed by atoms with E-state index in [1.165, 1.54) is 34.6 Å². The molecule has 0 radical (unpaired) electrons. The molecular formula is C22H22N2O4S. The minimum Gasteiger partial charge on any atom is -0.507 e. The first-order valence-corrected chi connectivity index (χ1v) is 9.93. The van der Waals surface area contributed by atoms with Crippen LogP contribution < -0.4 is 5.32 Å². The van der Waals surface area contributed by atoms with Crippen molar-refractivity contribution < 1.29 is 19.4 Å². The Morgan fingerprint density at radius 2 is 1.79 bits per heavy atom. The average Bonchev–Trinajstić information content (AvgIpc) is 3.12. The van der Waals surface area contributed by atoms with E-state index in [1.807, 2.05) is 19.2 Å². The van der Waals surface area contributed by atoms with Crippen LogP contribution >= 0.6 is 11.3 Å². The summed E-state index contributed by atoms with van der Waals surface area (Å²) in [7, 11) is 0. The lowest BCUT2D eigenvalue weighted by atomic mass is 9.99. The summed E-state index contributed by atoms with van der Waals surface area (Å²) in [6.45, 7) is 7.47. The van der Waals surface area contributed by atoms with Crippen LogP contribution in [0.2, 0.25) is 0 Å². The van der Waals surface area contributed by atoms with E-state index in [2.05, 4.69) is 29.4 Å². The summed E-state index contributed by atoms with van der Waals surface area (Å²) < 4.78 is 5.00. The Morgan fingerprint density at radius 1 is 1.07 bits per heavy atom. The van der Waals surface area contributed by atoms with Gasteiger partial charge in [-0.3, -0.25) is 10.1 Å². The number of phenols is 1. The molecule has 0 aliphatic heterocycles. The van der Waals surface area contributed by atoms with Gasteiger partial charge in [0.15, 0.2) is 11.7 Å². The number of hydrogen-bond acceptors (Lipinski definition) is 6. The van der Waals surface area contributed by atoms with Crippen molar-refractivity contribution in [2.75, 3.05) is 11.9 Å². The Labute approximate surface area is 173 Å². The van der Waals surface area contributed by atoms with Crippen LogP contribution in [0.25, 0.3) is 11.3 Å². The number of hydrogen-bond donors (Lipinski definition) is 2.